The van der Waals surface area contributed by atoms with Crippen molar-refractivity contribution in [2.75, 3.05) is 0 Å². The van der Waals surface area contributed by atoms with Crippen molar-refractivity contribution in [1.29, 1.82) is 0 Å². The second kappa shape index (κ2) is 1.90. The SMILES string of the molecule is CC(C)(C)[PH2+][O-]. The van der Waals surface area contributed by atoms with Crippen LogP contribution in [0.5, 0.6) is 0 Å². The summed E-state index contributed by atoms with van der Waals surface area (Å²) in [5, 5.41) is 0.0694. The van der Waals surface area contributed by atoms with E-state index in [1.165, 1.54) is 0 Å². The van der Waals surface area contributed by atoms with E-state index >= 15 is 0 Å². The lowest BCUT2D eigenvalue weighted by molar-refractivity contribution is -0.154. The average molecular weight is 106 g/mol. The molecule has 0 radical (unpaired) electrons. The van der Waals surface area contributed by atoms with E-state index in [4.69, 9.17) is 0 Å². The molecule has 38 valence electrons. The lowest BCUT2D eigenvalue weighted by Crippen LogP contribution is -2.09. The molecular formula is C4H11OP. The molecule has 6 heavy (non-hydrogen) atoms. The van der Waals surface area contributed by atoms with Gasteiger partial charge in [0.05, 0.1) is 5.16 Å². The molecule has 0 amide bonds. The third-order valence-electron chi connectivity index (χ3n) is 0.354. The minimum Gasteiger partial charge on any atom is -0.682 e. The Morgan fingerprint density at radius 3 is 1.50 bits per heavy atom. The molecule has 0 aliphatic rings. The van der Waals surface area contributed by atoms with Crippen LogP contribution in [-0.4, -0.2) is 5.16 Å². The minimum atomic E-state index is -0.590. The molecule has 1 nitrogen and oxygen atoms in total. The summed E-state index contributed by atoms with van der Waals surface area (Å²) >= 11 is 0. The van der Waals surface area contributed by atoms with Crippen molar-refractivity contribution in [1.82, 2.24) is 0 Å². The fourth-order valence-corrected chi connectivity index (χ4v) is 0. The van der Waals surface area contributed by atoms with E-state index in [2.05, 4.69) is 0 Å². The lowest BCUT2D eigenvalue weighted by atomic mass is 10.3. The van der Waals surface area contributed by atoms with Gasteiger partial charge >= 0.3 is 0 Å². The molecule has 0 aliphatic carbocycles. The number of rotatable bonds is 0. The molecule has 0 saturated carbocycles. The van der Waals surface area contributed by atoms with Crippen LogP contribution in [0.25, 0.3) is 0 Å². The Kier molecular flexibility index (Phi) is 2.03. The molecule has 0 rings (SSSR count). The molecule has 0 aromatic rings. The van der Waals surface area contributed by atoms with Gasteiger partial charge < -0.3 is 4.89 Å². The van der Waals surface area contributed by atoms with E-state index in [1.807, 2.05) is 20.8 Å². The van der Waals surface area contributed by atoms with Crippen LogP contribution in [0.15, 0.2) is 0 Å². The van der Waals surface area contributed by atoms with Crippen molar-refractivity contribution in [2.24, 2.45) is 0 Å². The normalized spacial score (nSPS) is 14.0. The highest BCUT2D eigenvalue weighted by molar-refractivity contribution is 7.31. The van der Waals surface area contributed by atoms with Crippen LogP contribution < -0.4 is 4.89 Å². The van der Waals surface area contributed by atoms with E-state index < -0.39 is 8.81 Å². The van der Waals surface area contributed by atoms with Crippen LogP contribution in [0.3, 0.4) is 0 Å². The van der Waals surface area contributed by atoms with Crippen molar-refractivity contribution in [3.63, 3.8) is 0 Å². The molecule has 1 unspecified atom stereocenters. The highest BCUT2D eigenvalue weighted by Gasteiger charge is 2.07. The zero-order valence-corrected chi connectivity index (χ0v) is 5.64. The molecule has 0 aromatic heterocycles. The monoisotopic (exact) mass is 106 g/mol. The Balaban J connectivity index is 3.17. The van der Waals surface area contributed by atoms with Crippen molar-refractivity contribution in [2.45, 2.75) is 25.9 Å². The molecule has 0 spiro atoms. The van der Waals surface area contributed by atoms with Crippen molar-refractivity contribution < 1.29 is 4.89 Å². The zero-order valence-electron chi connectivity index (χ0n) is 4.49. The molecule has 0 bridgehead atoms. The van der Waals surface area contributed by atoms with Gasteiger partial charge in [0, 0.05) is 0 Å². The standard InChI is InChI=1S/C4H11OP/c1-4(2,3)6-5/h6H2,1-3H3. The summed E-state index contributed by atoms with van der Waals surface area (Å²) in [5.74, 6) is 0. The molecule has 0 aromatic carbocycles. The van der Waals surface area contributed by atoms with Gasteiger partial charge in [-0.05, 0) is 20.8 Å². The lowest BCUT2D eigenvalue weighted by Gasteiger charge is -2.11. The van der Waals surface area contributed by atoms with Crippen LogP contribution in [-0.2, 0) is 0 Å². The van der Waals surface area contributed by atoms with E-state index in [9.17, 15) is 4.89 Å². The maximum Gasteiger partial charge on any atom is 0.0615 e. The fraction of sp³-hybridized carbons (Fsp3) is 1.00. The topological polar surface area (TPSA) is 23.1 Å². The Morgan fingerprint density at radius 1 is 1.33 bits per heavy atom. The molecule has 0 N–H and O–H groups in total. The second-order valence-electron chi connectivity index (χ2n) is 2.48. The third kappa shape index (κ3) is 4.39. The Bertz CT molecular complexity index is 37.3. The van der Waals surface area contributed by atoms with Crippen LogP contribution in [0, 0.1) is 0 Å². The fourth-order valence-electron chi connectivity index (χ4n) is 0. The van der Waals surface area contributed by atoms with Crippen LogP contribution in [0.1, 0.15) is 20.8 Å². The summed E-state index contributed by atoms with van der Waals surface area (Å²) in [4.78, 5) is 10.0. The van der Waals surface area contributed by atoms with Crippen LogP contribution in [0.4, 0.5) is 0 Å². The maximum atomic E-state index is 10.0. The molecule has 0 heterocycles. The van der Waals surface area contributed by atoms with Crippen molar-refractivity contribution in [3.8, 4) is 0 Å². The van der Waals surface area contributed by atoms with Gasteiger partial charge in [-0.1, -0.05) is 8.81 Å². The van der Waals surface area contributed by atoms with Crippen molar-refractivity contribution >= 4 is 8.81 Å². The molecule has 0 saturated heterocycles. The van der Waals surface area contributed by atoms with Gasteiger partial charge in [-0.3, -0.25) is 0 Å². The summed E-state index contributed by atoms with van der Waals surface area (Å²) in [5.41, 5.74) is 0. The molecule has 1 atom stereocenters. The van der Waals surface area contributed by atoms with E-state index in [-0.39, 0.29) is 5.16 Å². The van der Waals surface area contributed by atoms with E-state index in [1.54, 1.807) is 0 Å². The Labute approximate surface area is 40.6 Å². The van der Waals surface area contributed by atoms with Gasteiger partial charge in [-0.25, -0.2) is 0 Å². The average Bonchev–Trinajstić information content (AvgIpc) is 1.35. The Morgan fingerprint density at radius 2 is 1.50 bits per heavy atom. The molecule has 0 fully saturated rings. The quantitative estimate of drug-likeness (QED) is 0.412. The van der Waals surface area contributed by atoms with Gasteiger partial charge in [0.25, 0.3) is 0 Å². The smallest absolute Gasteiger partial charge is 0.0615 e. The molecule has 2 heteroatoms. The number of hydrogen-bond donors (Lipinski definition) is 0. The zero-order chi connectivity index (χ0) is 5.21. The summed E-state index contributed by atoms with van der Waals surface area (Å²) in [6.45, 7) is 5.90. The summed E-state index contributed by atoms with van der Waals surface area (Å²) < 4.78 is 0. The Hall–Kier alpha value is 0.390. The predicted octanol–water partition coefficient (Wildman–Crippen LogP) is 0.471. The summed E-state index contributed by atoms with van der Waals surface area (Å²) in [6.07, 6.45) is 0. The molecule has 0 aliphatic heterocycles. The van der Waals surface area contributed by atoms with Crippen LogP contribution >= 0.6 is 8.81 Å². The summed E-state index contributed by atoms with van der Waals surface area (Å²) in [7, 11) is -0.590. The first-order valence-electron chi connectivity index (χ1n) is 2.02. The molecular weight excluding hydrogens is 95.0 g/mol. The highest BCUT2D eigenvalue weighted by atomic mass is 31.1. The van der Waals surface area contributed by atoms with Gasteiger partial charge in [-0.2, -0.15) is 0 Å². The maximum absolute atomic E-state index is 10.0. The van der Waals surface area contributed by atoms with Crippen molar-refractivity contribution in [3.05, 3.63) is 0 Å². The first-order chi connectivity index (χ1) is 2.56. The number of hydrogen-bond acceptors (Lipinski definition) is 1. The largest absolute Gasteiger partial charge is 0.682 e. The van der Waals surface area contributed by atoms with Gasteiger partial charge in [0.1, 0.15) is 0 Å². The van der Waals surface area contributed by atoms with Crippen LogP contribution in [0.2, 0.25) is 0 Å². The second-order valence-corrected chi connectivity index (χ2v) is 4.45. The minimum absolute atomic E-state index is 0.0694. The first-order valence-corrected chi connectivity index (χ1v) is 3.07. The third-order valence-corrected chi connectivity index (χ3v) is 1.06. The predicted molar refractivity (Wildman–Crippen MR) is 29.5 cm³/mol. The first kappa shape index (κ1) is 6.39. The van der Waals surface area contributed by atoms with E-state index in [0.29, 0.717) is 0 Å². The van der Waals surface area contributed by atoms with E-state index in [0.717, 1.165) is 0 Å². The summed E-state index contributed by atoms with van der Waals surface area (Å²) in [6, 6.07) is 0. The highest BCUT2D eigenvalue weighted by Crippen LogP contribution is 2.21. The van der Waals surface area contributed by atoms with Gasteiger partial charge in [0.15, 0.2) is 0 Å². The van der Waals surface area contributed by atoms with Gasteiger partial charge in [0.2, 0.25) is 0 Å². The van der Waals surface area contributed by atoms with Gasteiger partial charge in [-0.15, -0.1) is 0 Å².